The van der Waals surface area contributed by atoms with E-state index >= 15 is 0 Å². The lowest BCUT2D eigenvalue weighted by atomic mass is 10.0. The summed E-state index contributed by atoms with van der Waals surface area (Å²) in [6, 6.07) is 32.5. The zero-order chi connectivity index (χ0) is 26.6. The minimum Gasteiger partial charge on any atom is -0.398 e. The molecule has 190 valence electrons. The average Bonchev–Trinajstić information content (AvgIpc) is 3.64. The highest BCUT2D eigenvalue weighted by atomic mass is 15.1. The van der Waals surface area contributed by atoms with Crippen LogP contribution >= 0.6 is 0 Å². The number of nitrogens with zero attached hydrogens (tertiary/aromatic N) is 4. The van der Waals surface area contributed by atoms with Crippen LogP contribution in [0.1, 0.15) is 27.9 Å². The van der Waals surface area contributed by atoms with Gasteiger partial charge in [0.2, 0.25) is 0 Å². The molecule has 0 atom stereocenters. The van der Waals surface area contributed by atoms with Crippen LogP contribution < -0.4 is 16.7 Å². The van der Waals surface area contributed by atoms with Crippen LogP contribution in [0.15, 0.2) is 117 Å². The fourth-order valence-electron chi connectivity index (χ4n) is 5.56. The van der Waals surface area contributed by atoms with E-state index in [9.17, 15) is 0 Å². The van der Waals surface area contributed by atoms with Gasteiger partial charge in [0.15, 0.2) is 11.7 Å². The second kappa shape index (κ2) is 8.74. The summed E-state index contributed by atoms with van der Waals surface area (Å²) < 4.78 is 0. The van der Waals surface area contributed by atoms with Crippen molar-refractivity contribution in [3.8, 4) is 0 Å². The summed E-state index contributed by atoms with van der Waals surface area (Å²) in [6.07, 6.45) is 1.98. The molecule has 0 spiro atoms. The lowest BCUT2D eigenvalue weighted by molar-refractivity contribution is 0.969. The maximum atomic E-state index is 6.74. The largest absolute Gasteiger partial charge is 0.398 e. The van der Waals surface area contributed by atoms with Crippen molar-refractivity contribution in [2.24, 2.45) is 25.7 Å². The molecule has 0 amide bonds. The van der Waals surface area contributed by atoms with Crippen molar-refractivity contribution in [3.05, 3.63) is 136 Å². The van der Waals surface area contributed by atoms with Crippen LogP contribution in [0, 0.1) is 0 Å². The molecule has 6 aromatic rings. The number of nitrogens with two attached hydrogens (primary N) is 1. The molecule has 0 unspecified atom stereocenters. The molecule has 2 aromatic heterocycles. The van der Waals surface area contributed by atoms with Crippen LogP contribution in [-0.4, -0.2) is 21.6 Å². The first-order valence-corrected chi connectivity index (χ1v) is 13.2. The topological polar surface area (TPSA) is 107 Å². The molecule has 0 saturated heterocycles. The maximum Gasteiger partial charge on any atom is 0.164 e. The van der Waals surface area contributed by atoms with E-state index in [-0.39, 0.29) is 0 Å². The lowest BCUT2D eigenvalue weighted by Gasteiger charge is -2.08. The predicted molar refractivity (Wildman–Crippen MR) is 160 cm³/mol. The maximum absolute atomic E-state index is 6.74. The van der Waals surface area contributed by atoms with Gasteiger partial charge in [-0.15, -0.1) is 0 Å². The molecule has 0 aliphatic carbocycles. The molecule has 0 fully saturated rings. The zero-order valence-corrected chi connectivity index (χ0v) is 21.4. The van der Waals surface area contributed by atoms with Gasteiger partial charge in [-0.05, 0) is 11.6 Å². The highest BCUT2D eigenvalue weighted by molar-refractivity contribution is 6.23. The number of H-pyrrole nitrogens is 2. The van der Waals surface area contributed by atoms with Crippen LogP contribution in [0.2, 0.25) is 0 Å². The molecule has 7 heteroatoms. The second-order valence-corrected chi connectivity index (χ2v) is 9.90. The molecule has 0 saturated carbocycles. The molecule has 4 aromatic carbocycles. The number of aliphatic imine (C=N–C) groups is 2. The van der Waals surface area contributed by atoms with E-state index in [4.69, 9.17) is 25.7 Å². The van der Waals surface area contributed by atoms with Gasteiger partial charge in [0.05, 0.1) is 6.54 Å². The number of benzene rings is 4. The van der Waals surface area contributed by atoms with Crippen molar-refractivity contribution in [2.75, 3.05) is 0 Å². The summed E-state index contributed by atoms with van der Waals surface area (Å²) in [5.74, 6) is 1.95. The Morgan fingerprint density at radius 2 is 1.15 bits per heavy atom. The Labute approximate surface area is 228 Å². The van der Waals surface area contributed by atoms with Gasteiger partial charge in [-0.2, -0.15) is 0 Å². The number of nitrogens with one attached hydrogen (secondary N) is 2. The third-order valence-electron chi connectivity index (χ3n) is 7.49. The summed E-state index contributed by atoms with van der Waals surface area (Å²) in [6.45, 7) is 0.461. The van der Waals surface area contributed by atoms with Crippen molar-refractivity contribution >= 4 is 50.8 Å². The fraction of sp³-hybridized carbons (Fsp3) is 0.0303. The monoisotopic (exact) mass is 517 g/mol. The third-order valence-corrected chi connectivity index (χ3v) is 7.49. The molecule has 6 bridgehead atoms. The van der Waals surface area contributed by atoms with E-state index in [2.05, 4.69) is 40.3 Å². The van der Waals surface area contributed by atoms with Crippen molar-refractivity contribution in [2.45, 2.75) is 6.54 Å². The van der Waals surface area contributed by atoms with E-state index in [1.165, 1.54) is 0 Å². The predicted octanol–water partition coefficient (Wildman–Crippen LogP) is 5.40. The van der Waals surface area contributed by atoms with Crippen LogP contribution in [-0.2, 0) is 6.54 Å². The molecule has 2 aliphatic heterocycles. The molecule has 4 N–H and O–H groups in total. The minimum atomic E-state index is 0.461. The molecular formula is C33H23N7. The van der Waals surface area contributed by atoms with Gasteiger partial charge in [-0.1, -0.05) is 97.1 Å². The molecule has 0 radical (unpaired) electrons. The molecule has 8 rings (SSSR count). The lowest BCUT2D eigenvalue weighted by Crippen LogP contribution is -2.13. The van der Waals surface area contributed by atoms with E-state index < -0.39 is 0 Å². The first-order valence-electron chi connectivity index (χ1n) is 13.2. The standard InChI is InChI=1S/C33H23N7/c34-27-17-28-21-11-3-4-12-22(21)30(36-28)38-32-25-15-7-8-16-26(25)33(40-32)39-31-24-14-6-5-13-23(24)29(37-31)35-18-19-9-1-2-10-20(19)27/h1-17,36H,18,34H2,(H,35,37,38,39,40). The minimum absolute atomic E-state index is 0.461. The number of amidine groups is 2. The Bertz CT molecular complexity index is 2200. The van der Waals surface area contributed by atoms with Crippen molar-refractivity contribution in [1.29, 1.82) is 0 Å². The molecular weight excluding hydrogens is 494 g/mol. The summed E-state index contributed by atoms with van der Waals surface area (Å²) in [7, 11) is 0. The highest BCUT2D eigenvalue weighted by Gasteiger charge is 2.22. The number of hydrogen-bond donors (Lipinski definition) is 3. The SMILES string of the molecule is NC1=Cc2[nH]c(c3ccccc23)N=C2N=C(N=c3[nH]c(c4ccccc34)=NCc3ccccc31)c1ccccc12. The van der Waals surface area contributed by atoms with Crippen LogP contribution in [0.3, 0.4) is 0 Å². The van der Waals surface area contributed by atoms with Gasteiger partial charge in [0.1, 0.15) is 16.8 Å². The number of aromatic nitrogens is 2. The Morgan fingerprint density at radius 1 is 0.550 bits per heavy atom. The van der Waals surface area contributed by atoms with Gasteiger partial charge in [-0.3, -0.25) is 4.99 Å². The van der Waals surface area contributed by atoms with Gasteiger partial charge in [0.25, 0.3) is 0 Å². The number of hydrogen-bond acceptors (Lipinski definition) is 5. The summed E-state index contributed by atoms with van der Waals surface area (Å²) in [4.78, 5) is 26.9. The van der Waals surface area contributed by atoms with Crippen molar-refractivity contribution < 1.29 is 0 Å². The smallest absolute Gasteiger partial charge is 0.164 e. The highest BCUT2D eigenvalue weighted by Crippen LogP contribution is 2.33. The quantitative estimate of drug-likeness (QED) is 0.247. The summed E-state index contributed by atoms with van der Waals surface area (Å²) in [5, 5.41) is 4.03. The Kier molecular flexibility index (Phi) is 4.90. The van der Waals surface area contributed by atoms with Gasteiger partial charge in [0, 0.05) is 49.6 Å². The Balaban J connectivity index is 1.47. The second-order valence-electron chi connectivity index (χ2n) is 9.90. The summed E-state index contributed by atoms with van der Waals surface area (Å²) >= 11 is 0. The molecule has 7 nitrogen and oxygen atoms in total. The van der Waals surface area contributed by atoms with Gasteiger partial charge in [-0.25, -0.2) is 15.0 Å². The molecule has 4 heterocycles. The van der Waals surface area contributed by atoms with Gasteiger partial charge < -0.3 is 15.7 Å². The molecule has 2 aliphatic rings. The molecule has 40 heavy (non-hydrogen) atoms. The van der Waals surface area contributed by atoms with Crippen LogP contribution in [0.5, 0.6) is 0 Å². The Morgan fingerprint density at radius 3 is 1.93 bits per heavy atom. The fourth-order valence-corrected chi connectivity index (χ4v) is 5.56. The average molecular weight is 518 g/mol. The van der Waals surface area contributed by atoms with E-state index in [0.29, 0.717) is 29.4 Å². The van der Waals surface area contributed by atoms with E-state index in [1.807, 2.05) is 72.8 Å². The van der Waals surface area contributed by atoms with Gasteiger partial charge >= 0.3 is 0 Å². The van der Waals surface area contributed by atoms with E-state index in [0.717, 1.165) is 60.8 Å². The summed E-state index contributed by atoms with van der Waals surface area (Å²) in [5.41, 5.74) is 13.6. The normalized spacial score (nSPS) is 14.3. The number of aromatic amines is 2. The first-order chi connectivity index (χ1) is 19.7. The van der Waals surface area contributed by atoms with Crippen molar-refractivity contribution in [3.63, 3.8) is 0 Å². The third kappa shape index (κ3) is 3.52. The zero-order valence-electron chi connectivity index (χ0n) is 21.4. The van der Waals surface area contributed by atoms with Crippen molar-refractivity contribution in [1.82, 2.24) is 9.97 Å². The number of rotatable bonds is 0. The van der Waals surface area contributed by atoms with Crippen LogP contribution in [0.25, 0.3) is 33.3 Å². The van der Waals surface area contributed by atoms with Crippen LogP contribution in [0.4, 0.5) is 5.82 Å². The van der Waals surface area contributed by atoms with E-state index in [1.54, 1.807) is 0 Å². The Hall–Kier alpha value is -5.56. The first kappa shape index (κ1) is 22.4. The number of fused-ring (bicyclic) bond motifs is 15.